The van der Waals surface area contributed by atoms with E-state index < -0.39 is 12.6 Å². The predicted octanol–water partition coefficient (Wildman–Crippen LogP) is 5.34. The summed E-state index contributed by atoms with van der Waals surface area (Å²) in [5.74, 6) is 0.365. The van der Waals surface area contributed by atoms with Crippen LogP contribution in [0.15, 0.2) is 89.3 Å². The number of nitrogens with zero attached hydrogens (tertiary/aromatic N) is 2. The van der Waals surface area contributed by atoms with E-state index in [0.29, 0.717) is 35.9 Å². The molecule has 1 aromatic heterocycles. The minimum absolute atomic E-state index is 0.0545. The van der Waals surface area contributed by atoms with Gasteiger partial charge >= 0.3 is 5.97 Å². The first kappa shape index (κ1) is 21.5. The summed E-state index contributed by atoms with van der Waals surface area (Å²) in [4.78, 5) is 30.3. The average Bonchev–Trinajstić information content (AvgIpc) is 3.48. The highest BCUT2D eigenvalue weighted by Gasteiger charge is 2.37. The molecule has 4 aromatic rings. The summed E-state index contributed by atoms with van der Waals surface area (Å²) < 4.78 is 11.6. The monoisotopic (exact) mass is 454 g/mol. The van der Waals surface area contributed by atoms with Crippen LogP contribution in [0, 0.1) is 0 Å². The minimum atomic E-state index is -1.07. The number of aliphatic carboxylic acids is 1. The molecule has 1 N–H and O–H groups in total. The first-order valence-electron chi connectivity index (χ1n) is 11.0. The molecule has 3 aromatic carbocycles. The van der Waals surface area contributed by atoms with Crippen molar-refractivity contribution >= 4 is 17.6 Å². The summed E-state index contributed by atoms with van der Waals surface area (Å²) in [6.07, 6.45) is 0.913. The number of amides is 1. The fraction of sp³-hybridized carbons (Fsp3) is 0.148. The molecule has 170 valence electrons. The van der Waals surface area contributed by atoms with E-state index in [1.165, 1.54) is 0 Å². The van der Waals surface area contributed by atoms with E-state index in [9.17, 15) is 9.59 Å². The van der Waals surface area contributed by atoms with Gasteiger partial charge in [-0.05, 0) is 18.6 Å². The van der Waals surface area contributed by atoms with Gasteiger partial charge in [-0.15, -0.1) is 0 Å². The van der Waals surface area contributed by atoms with Crippen molar-refractivity contribution in [2.45, 2.75) is 18.9 Å². The number of ether oxygens (including phenoxy) is 1. The lowest BCUT2D eigenvalue weighted by Crippen LogP contribution is -2.27. The smallest absolute Gasteiger partial charge is 0.341 e. The normalized spacial score (nSPS) is 15.5. The van der Waals surface area contributed by atoms with Crippen LogP contribution in [-0.2, 0) is 9.59 Å². The summed E-state index contributed by atoms with van der Waals surface area (Å²) in [5, 5.41) is 8.89. The summed E-state index contributed by atoms with van der Waals surface area (Å²) in [7, 11) is 0. The topological polar surface area (TPSA) is 92.9 Å². The lowest BCUT2D eigenvalue weighted by molar-refractivity contribution is -0.139. The van der Waals surface area contributed by atoms with E-state index in [2.05, 4.69) is 0 Å². The van der Waals surface area contributed by atoms with Crippen molar-refractivity contribution in [1.82, 2.24) is 4.98 Å². The highest BCUT2D eigenvalue weighted by atomic mass is 16.5. The van der Waals surface area contributed by atoms with Crippen LogP contribution in [0.3, 0.4) is 0 Å². The molecule has 1 aliphatic heterocycles. The number of carbonyl (C=O) groups is 2. The van der Waals surface area contributed by atoms with Gasteiger partial charge in [0.05, 0.1) is 0 Å². The molecule has 0 radical (unpaired) electrons. The van der Waals surface area contributed by atoms with Gasteiger partial charge < -0.3 is 14.3 Å². The molecule has 0 aliphatic carbocycles. The highest BCUT2D eigenvalue weighted by Crippen LogP contribution is 2.41. The van der Waals surface area contributed by atoms with Gasteiger partial charge in [-0.3, -0.25) is 9.69 Å². The number of rotatable bonds is 7. The maximum absolute atomic E-state index is 12.9. The Balaban J connectivity index is 1.54. The molecule has 0 spiro atoms. The third kappa shape index (κ3) is 4.28. The van der Waals surface area contributed by atoms with Crippen molar-refractivity contribution in [3.05, 3.63) is 90.8 Å². The quantitative estimate of drug-likeness (QED) is 0.405. The van der Waals surface area contributed by atoms with Gasteiger partial charge in [0.15, 0.2) is 12.4 Å². The third-order valence-electron chi connectivity index (χ3n) is 5.68. The van der Waals surface area contributed by atoms with E-state index in [1.807, 2.05) is 60.7 Å². The third-order valence-corrected chi connectivity index (χ3v) is 5.68. The zero-order chi connectivity index (χ0) is 23.5. The Hall–Kier alpha value is -4.39. The molecule has 1 fully saturated rings. The summed E-state index contributed by atoms with van der Waals surface area (Å²) >= 11 is 0. The van der Waals surface area contributed by atoms with Crippen molar-refractivity contribution in [3.63, 3.8) is 0 Å². The molecule has 2 heterocycles. The zero-order valence-electron chi connectivity index (χ0n) is 18.3. The number of anilines is 1. The van der Waals surface area contributed by atoms with Crippen LogP contribution in [0.2, 0.25) is 0 Å². The Morgan fingerprint density at radius 1 is 1.00 bits per heavy atom. The number of carboxylic acid groups (broad SMARTS) is 1. The fourth-order valence-corrected chi connectivity index (χ4v) is 4.17. The highest BCUT2D eigenvalue weighted by molar-refractivity contribution is 5.96. The average molecular weight is 454 g/mol. The molecule has 7 nitrogen and oxygen atoms in total. The first-order chi connectivity index (χ1) is 16.6. The molecule has 1 unspecified atom stereocenters. The van der Waals surface area contributed by atoms with E-state index in [4.69, 9.17) is 19.2 Å². The van der Waals surface area contributed by atoms with Gasteiger partial charge in [-0.25, -0.2) is 9.78 Å². The van der Waals surface area contributed by atoms with Crippen molar-refractivity contribution < 1.29 is 23.8 Å². The molecule has 1 aliphatic rings. The van der Waals surface area contributed by atoms with Crippen LogP contribution < -0.4 is 9.64 Å². The molecule has 1 atom stereocenters. The second-order valence-electron chi connectivity index (χ2n) is 7.96. The number of oxazole rings is 1. The second kappa shape index (κ2) is 9.23. The van der Waals surface area contributed by atoms with Crippen LogP contribution in [0.25, 0.3) is 22.6 Å². The lowest BCUT2D eigenvalue weighted by Gasteiger charge is -2.23. The van der Waals surface area contributed by atoms with Crippen LogP contribution in [0.5, 0.6) is 5.75 Å². The Kier molecular flexibility index (Phi) is 5.82. The Labute approximate surface area is 196 Å². The van der Waals surface area contributed by atoms with Crippen molar-refractivity contribution in [3.8, 4) is 28.3 Å². The SMILES string of the molecule is O=C(O)COc1cccc(N2C(=O)CCC2c2nc(-c3ccccc3)c(-c3ccccc3)o2)c1. The van der Waals surface area contributed by atoms with Gasteiger partial charge in [0.1, 0.15) is 17.5 Å². The summed E-state index contributed by atoms with van der Waals surface area (Å²) in [5.41, 5.74) is 3.16. The zero-order valence-corrected chi connectivity index (χ0v) is 18.3. The summed E-state index contributed by atoms with van der Waals surface area (Å²) in [6.45, 7) is -0.457. The van der Waals surface area contributed by atoms with Crippen LogP contribution >= 0.6 is 0 Å². The molecule has 1 amide bonds. The molecule has 1 saturated heterocycles. The lowest BCUT2D eigenvalue weighted by atomic mass is 10.1. The number of carbonyl (C=O) groups excluding carboxylic acids is 1. The van der Waals surface area contributed by atoms with Crippen molar-refractivity contribution in [2.24, 2.45) is 0 Å². The van der Waals surface area contributed by atoms with Gasteiger partial charge in [0, 0.05) is 29.3 Å². The first-order valence-corrected chi connectivity index (χ1v) is 11.0. The van der Waals surface area contributed by atoms with Crippen LogP contribution in [0.1, 0.15) is 24.8 Å². The van der Waals surface area contributed by atoms with Crippen molar-refractivity contribution in [1.29, 1.82) is 0 Å². The van der Waals surface area contributed by atoms with E-state index in [-0.39, 0.29) is 11.9 Å². The van der Waals surface area contributed by atoms with E-state index in [0.717, 1.165) is 16.8 Å². The number of hydrogen-bond acceptors (Lipinski definition) is 5. The molecular weight excluding hydrogens is 432 g/mol. The fourth-order valence-electron chi connectivity index (χ4n) is 4.17. The Morgan fingerprint density at radius 3 is 2.41 bits per heavy atom. The standard InChI is InChI=1S/C27H22N2O5/c30-23-15-14-22(29(23)20-12-7-13-21(16-20)33-17-24(31)32)27-28-25(18-8-3-1-4-9-18)26(34-27)19-10-5-2-6-11-19/h1-13,16,22H,14-15,17H2,(H,31,32). The number of hydrogen-bond donors (Lipinski definition) is 1. The maximum Gasteiger partial charge on any atom is 0.341 e. The summed E-state index contributed by atoms with van der Waals surface area (Å²) in [6, 6.07) is 26.1. The van der Waals surface area contributed by atoms with Gasteiger partial charge in [0.25, 0.3) is 0 Å². The number of carboxylic acids is 1. The number of aromatic nitrogens is 1. The molecule has 7 heteroatoms. The van der Waals surface area contributed by atoms with Crippen LogP contribution in [0.4, 0.5) is 5.69 Å². The Bertz CT molecular complexity index is 1260. The Morgan fingerprint density at radius 2 is 1.71 bits per heavy atom. The van der Waals surface area contributed by atoms with Gasteiger partial charge in [-0.1, -0.05) is 66.7 Å². The molecule has 0 bridgehead atoms. The molecule has 5 rings (SSSR count). The van der Waals surface area contributed by atoms with E-state index >= 15 is 0 Å². The number of benzene rings is 3. The molecule has 0 saturated carbocycles. The molecule has 34 heavy (non-hydrogen) atoms. The largest absolute Gasteiger partial charge is 0.482 e. The maximum atomic E-state index is 12.9. The predicted molar refractivity (Wildman–Crippen MR) is 126 cm³/mol. The van der Waals surface area contributed by atoms with Crippen molar-refractivity contribution in [2.75, 3.05) is 11.5 Å². The van der Waals surface area contributed by atoms with Gasteiger partial charge in [0.2, 0.25) is 11.8 Å². The second-order valence-corrected chi connectivity index (χ2v) is 7.96. The van der Waals surface area contributed by atoms with E-state index in [1.54, 1.807) is 29.2 Å². The molecular formula is C27H22N2O5. The minimum Gasteiger partial charge on any atom is -0.482 e. The van der Waals surface area contributed by atoms with Gasteiger partial charge in [-0.2, -0.15) is 0 Å². The van der Waals surface area contributed by atoms with Crippen LogP contribution in [-0.4, -0.2) is 28.6 Å².